The van der Waals surface area contributed by atoms with E-state index in [1.54, 1.807) is 0 Å². The highest BCUT2D eigenvalue weighted by atomic mass is 16.3. The fraction of sp³-hybridized carbons (Fsp3) is 1.00. The highest BCUT2D eigenvalue weighted by molar-refractivity contribution is 5.05. The van der Waals surface area contributed by atoms with Crippen LogP contribution in [0.25, 0.3) is 0 Å². The first-order valence-corrected chi connectivity index (χ1v) is 12.2. The van der Waals surface area contributed by atoms with Gasteiger partial charge in [0, 0.05) is 0 Å². The zero-order valence-corrected chi connectivity index (χ0v) is 17.8. The van der Waals surface area contributed by atoms with Crippen molar-refractivity contribution in [3.63, 3.8) is 0 Å². The van der Waals surface area contributed by atoms with Gasteiger partial charge >= 0.3 is 0 Å². The summed E-state index contributed by atoms with van der Waals surface area (Å²) >= 11 is 0. The highest BCUT2D eigenvalue weighted by Gasteiger charge is 2.56. The number of aliphatic hydroxyl groups excluding tert-OH is 1. The highest BCUT2D eigenvalue weighted by Crippen LogP contribution is 2.64. The van der Waals surface area contributed by atoms with Crippen molar-refractivity contribution in [2.75, 3.05) is 0 Å². The van der Waals surface area contributed by atoms with Gasteiger partial charge in [0.2, 0.25) is 0 Å². The number of rotatable bonds is 5. The Kier molecular flexibility index (Phi) is 5.76. The fourth-order valence-corrected chi connectivity index (χ4v) is 8.35. The standard InChI is InChI=1S/C25H44O/c1-17(2)6-4-5-7-19-9-13-24-23-11-8-18-16-20(26)10-12-21(18)22(23)14-15-25(19,24)3/h17-24,26H,4-16H2,1-3H3/t18?,19-,20?,21?,22?,23?,24?,25+/m0/s1. The third-order valence-electron chi connectivity index (χ3n) is 9.71. The van der Waals surface area contributed by atoms with Crippen LogP contribution in [0, 0.1) is 46.8 Å². The summed E-state index contributed by atoms with van der Waals surface area (Å²) in [5.41, 5.74) is 0.667. The molecule has 4 aliphatic carbocycles. The molecule has 4 rings (SSSR count). The maximum atomic E-state index is 10.1. The lowest BCUT2D eigenvalue weighted by atomic mass is 9.49. The van der Waals surface area contributed by atoms with E-state index in [-0.39, 0.29) is 6.10 Å². The van der Waals surface area contributed by atoms with Gasteiger partial charge in [-0.15, -0.1) is 0 Å². The summed E-state index contributed by atoms with van der Waals surface area (Å²) in [6.45, 7) is 7.44. The second-order valence-corrected chi connectivity index (χ2v) is 11.4. The normalized spacial score (nSPS) is 48.1. The molecular formula is C25H44O. The maximum absolute atomic E-state index is 10.1. The van der Waals surface area contributed by atoms with Crippen LogP contribution in [0.15, 0.2) is 0 Å². The zero-order valence-electron chi connectivity index (χ0n) is 17.8. The molecule has 4 aliphatic rings. The van der Waals surface area contributed by atoms with Gasteiger partial charge in [-0.2, -0.15) is 0 Å². The molecule has 1 nitrogen and oxygen atoms in total. The molecule has 1 heteroatoms. The molecule has 6 unspecified atom stereocenters. The zero-order chi connectivity index (χ0) is 18.3. The van der Waals surface area contributed by atoms with Gasteiger partial charge in [-0.25, -0.2) is 0 Å². The molecule has 0 aromatic heterocycles. The van der Waals surface area contributed by atoms with Crippen molar-refractivity contribution in [3.05, 3.63) is 0 Å². The number of unbranched alkanes of at least 4 members (excludes halogenated alkanes) is 1. The molecule has 26 heavy (non-hydrogen) atoms. The van der Waals surface area contributed by atoms with Crippen LogP contribution in [-0.2, 0) is 0 Å². The monoisotopic (exact) mass is 360 g/mol. The second kappa shape index (κ2) is 7.76. The average molecular weight is 361 g/mol. The van der Waals surface area contributed by atoms with Crippen molar-refractivity contribution in [2.24, 2.45) is 46.8 Å². The average Bonchev–Trinajstić information content (AvgIpc) is 2.94. The largest absolute Gasteiger partial charge is 0.393 e. The molecule has 0 aromatic rings. The van der Waals surface area contributed by atoms with Crippen LogP contribution in [0.4, 0.5) is 0 Å². The third-order valence-corrected chi connectivity index (χ3v) is 9.71. The van der Waals surface area contributed by atoms with Gasteiger partial charge in [0.05, 0.1) is 6.10 Å². The predicted octanol–water partition coefficient (Wildman–Crippen LogP) is 6.83. The van der Waals surface area contributed by atoms with Crippen molar-refractivity contribution >= 4 is 0 Å². The van der Waals surface area contributed by atoms with Crippen LogP contribution in [0.3, 0.4) is 0 Å². The molecule has 4 fully saturated rings. The SMILES string of the molecule is CC(C)CCCC[C@H]1CCC2C3CCC4CC(O)CCC4C3CC[C@@]21C. The van der Waals surface area contributed by atoms with Crippen LogP contribution in [0.2, 0.25) is 0 Å². The van der Waals surface area contributed by atoms with Gasteiger partial charge in [0.25, 0.3) is 0 Å². The molecule has 0 aliphatic heterocycles. The Labute approximate surface area is 162 Å². The lowest BCUT2D eigenvalue weighted by Crippen LogP contribution is -2.49. The third kappa shape index (κ3) is 3.51. The second-order valence-electron chi connectivity index (χ2n) is 11.4. The van der Waals surface area contributed by atoms with E-state index in [4.69, 9.17) is 0 Å². The van der Waals surface area contributed by atoms with Crippen LogP contribution >= 0.6 is 0 Å². The quantitative estimate of drug-likeness (QED) is 0.532. The summed E-state index contributed by atoms with van der Waals surface area (Å²) < 4.78 is 0. The van der Waals surface area contributed by atoms with Gasteiger partial charge in [0.15, 0.2) is 0 Å². The minimum absolute atomic E-state index is 0.0170. The number of hydrogen-bond acceptors (Lipinski definition) is 1. The number of aliphatic hydroxyl groups is 1. The Bertz CT molecular complexity index is 471. The van der Waals surface area contributed by atoms with Gasteiger partial charge < -0.3 is 5.11 Å². The first-order chi connectivity index (χ1) is 12.5. The maximum Gasteiger partial charge on any atom is 0.0543 e. The topological polar surface area (TPSA) is 20.2 Å². The Hall–Kier alpha value is -0.0400. The van der Waals surface area contributed by atoms with Gasteiger partial charge in [-0.05, 0) is 111 Å². The van der Waals surface area contributed by atoms with Crippen molar-refractivity contribution in [1.82, 2.24) is 0 Å². The van der Waals surface area contributed by atoms with E-state index >= 15 is 0 Å². The van der Waals surface area contributed by atoms with Crippen molar-refractivity contribution in [2.45, 2.75) is 110 Å². The minimum Gasteiger partial charge on any atom is -0.393 e. The molecule has 0 aromatic carbocycles. The fourth-order valence-electron chi connectivity index (χ4n) is 8.35. The predicted molar refractivity (Wildman–Crippen MR) is 110 cm³/mol. The summed E-state index contributed by atoms with van der Waals surface area (Å²) in [5, 5.41) is 10.1. The lowest BCUT2D eigenvalue weighted by molar-refractivity contribution is -0.0778. The molecule has 0 amide bonds. The molecule has 0 heterocycles. The Morgan fingerprint density at radius 2 is 1.69 bits per heavy atom. The summed E-state index contributed by atoms with van der Waals surface area (Å²) in [4.78, 5) is 0. The van der Waals surface area contributed by atoms with E-state index in [0.717, 1.165) is 54.3 Å². The molecule has 0 bridgehead atoms. The number of hydrogen-bond donors (Lipinski definition) is 1. The first-order valence-electron chi connectivity index (χ1n) is 12.2. The van der Waals surface area contributed by atoms with Crippen molar-refractivity contribution < 1.29 is 5.11 Å². The van der Waals surface area contributed by atoms with Crippen LogP contribution < -0.4 is 0 Å². The molecule has 4 saturated carbocycles. The molecule has 0 radical (unpaired) electrons. The summed E-state index contributed by atoms with van der Waals surface area (Å²) in [6, 6.07) is 0. The molecule has 0 saturated heterocycles. The Morgan fingerprint density at radius 3 is 2.50 bits per heavy atom. The smallest absolute Gasteiger partial charge is 0.0543 e. The van der Waals surface area contributed by atoms with E-state index in [9.17, 15) is 5.11 Å². The van der Waals surface area contributed by atoms with Gasteiger partial charge in [-0.3, -0.25) is 0 Å². The van der Waals surface area contributed by atoms with E-state index in [1.165, 1.54) is 70.6 Å². The first kappa shape index (κ1) is 19.3. The van der Waals surface area contributed by atoms with E-state index in [1.807, 2.05) is 0 Å². The summed E-state index contributed by atoms with van der Waals surface area (Å²) in [6.07, 6.45) is 18.4. The van der Waals surface area contributed by atoms with Crippen molar-refractivity contribution in [3.8, 4) is 0 Å². The molecule has 1 N–H and O–H groups in total. The summed E-state index contributed by atoms with van der Waals surface area (Å²) in [7, 11) is 0. The number of fused-ring (bicyclic) bond motifs is 5. The van der Waals surface area contributed by atoms with Crippen molar-refractivity contribution in [1.29, 1.82) is 0 Å². The van der Waals surface area contributed by atoms with Gasteiger partial charge in [-0.1, -0.05) is 40.0 Å². The van der Waals surface area contributed by atoms with E-state index < -0.39 is 0 Å². The Morgan fingerprint density at radius 1 is 0.885 bits per heavy atom. The van der Waals surface area contributed by atoms with Crippen LogP contribution in [0.1, 0.15) is 104 Å². The van der Waals surface area contributed by atoms with Gasteiger partial charge in [0.1, 0.15) is 0 Å². The van der Waals surface area contributed by atoms with E-state index in [0.29, 0.717) is 5.41 Å². The minimum atomic E-state index is 0.0170. The molecule has 0 spiro atoms. The van der Waals surface area contributed by atoms with Crippen LogP contribution in [0.5, 0.6) is 0 Å². The molecular weight excluding hydrogens is 316 g/mol. The lowest BCUT2D eigenvalue weighted by Gasteiger charge is -2.56. The Balaban J connectivity index is 1.38. The van der Waals surface area contributed by atoms with E-state index in [2.05, 4.69) is 20.8 Å². The van der Waals surface area contributed by atoms with Crippen LogP contribution in [-0.4, -0.2) is 11.2 Å². The molecule has 8 atom stereocenters. The summed E-state index contributed by atoms with van der Waals surface area (Å²) in [5.74, 6) is 6.80. The molecule has 150 valence electrons.